The molecule has 0 fully saturated rings. The Labute approximate surface area is 101 Å². The maximum atomic E-state index is 10.8. The second-order valence-electron chi connectivity index (χ2n) is 3.57. The summed E-state index contributed by atoms with van der Waals surface area (Å²) < 4.78 is 21.6. The first-order chi connectivity index (χ1) is 7.44. The van der Waals surface area contributed by atoms with Gasteiger partial charge in [-0.05, 0) is 35.6 Å². The Morgan fingerprint density at radius 1 is 1.12 bits per heavy atom. The van der Waals surface area contributed by atoms with E-state index >= 15 is 0 Å². The van der Waals surface area contributed by atoms with Gasteiger partial charge in [-0.2, -0.15) is 0 Å². The van der Waals surface area contributed by atoms with Gasteiger partial charge in [-0.3, -0.25) is 0 Å². The largest absolute Gasteiger partial charge is 0.254 e. The molecule has 0 saturated carbocycles. The van der Waals surface area contributed by atoms with Crippen LogP contribution in [0.5, 0.6) is 0 Å². The Hall–Kier alpha value is -0.800. The average molecular weight is 259 g/mol. The second kappa shape index (κ2) is 5.51. The molecule has 0 amide bonds. The molecule has 0 spiro atoms. The van der Waals surface area contributed by atoms with Gasteiger partial charge >= 0.3 is 0 Å². The smallest absolute Gasteiger partial charge is 0.208 e. The van der Waals surface area contributed by atoms with Crippen LogP contribution in [0.25, 0.3) is 6.08 Å². The molecule has 1 rings (SSSR count). The summed E-state index contributed by atoms with van der Waals surface area (Å²) in [5, 5.41) is 1.02. The van der Waals surface area contributed by atoms with Crippen molar-refractivity contribution >= 4 is 25.8 Å². The Morgan fingerprint density at radius 2 is 1.62 bits per heavy atom. The van der Waals surface area contributed by atoms with Crippen LogP contribution < -0.4 is 0 Å². The molecule has 0 heterocycles. The van der Waals surface area contributed by atoms with Gasteiger partial charge in [-0.15, -0.1) is 0 Å². The Bertz CT molecular complexity index is 467. The zero-order valence-corrected chi connectivity index (χ0v) is 11.0. The zero-order valence-electron chi connectivity index (χ0n) is 9.40. The van der Waals surface area contributed by atoms with Crippen LogP contribution in [0.1, 0.15) is 30.5 Å². The lowest BCUT2D eigenvalue weighted by atomic mass is 10.0. The summed E-state index contributed by atoms with van der Waals surface area (Å²) in [5.41, 5.74) is 3.28. The predicted octanol–water partition coefficient (Wildman–Crippen LogP) is 3.35. The van der Waals surface area contributed by atoms with Gasteiger partial charge in [-0.25, -0.2) is 8.42 Å². The van der Waals surface area contributed by atoms with Gasteiger partial charge in [0.05, 0.1) is 0 Å². The van der Waals surface area contributed by atoms with Gasteiger partial charge in [-0.1, -0.05) is 32.0 Å². The number of benzene rings is 1. The second-order valence-corrected chi connectivity index (χ2v) is 6.08. The number of halogens is 1. The lowest BCUT2D eigenvalue weighted by Crippen LogP contribution is -1.88. The lowest BCUT2D eigenvalue weighted by Gasteiger charge is -2.04. The molecule has 0 aromatic heterocycles. The predicted molar refractivity (Wildman–Crippen MR) is 69.0 cm³/mol. The van der Waals surface area contributed by atoms with Crippen molar-refractivity contribution in [3.8, 4) is 0 Å². The quantitative estimate of drug-likeness (QED) is 0.776. The van der Waals surface area contributed by atoms with Crippen molar-refractivity contribution in [1.82, 2.24) is 0 Å². The molecule has 0 bridgehead atoms. The third-order valence-electron chi connectivity index (χ3n) is 2.31. The van der Waals surface area contributed by atoms with Gasteiger partial charge in [0, 0.05) is 16.1 Å². The normalized spacial score (nSPS) is 12.2. The minimum absolute atomic E-state index is 0.875. The third kappa shape index (κ3) is 4.37. The van der Waals surface area contributed by atoms with Gasteiger partial charge < -0.3 is 0 Å². The number of hydrogen-bond donors (Lipinski definition) is 0. The molecule has 4 heteroatoms. The average Bonchev–Trinajstić information content (AvgIpc) is 2.25. The first kappa shape index (κ1) is 13.3. The fraction of sp³-hybridized carbons (Fsp3) is 0.333. The van der Waals surface area contributed by atoms with E-state index in [2.05, 4.69) is 19.9 Å². The highest BCUT2D eigenvalue weighted by Crippen LogP contribution is 2.14. The van der Waals surface area contributed by atoms with Crippen LogP contribution in [-0.2, 0) is 21.9 Å². The van der Waals surface area contributed by atoms with Gasteiger partial charge in [0.1, 0.15) is 0 Å². The molecular weight excluding hydrogens is 244 g/mol. The molecule has 0 N–H and O–H groups in total. The molecular formula is C12H15ClO2S. The van der Waals surface area contributed by atoms with E-state index in [1.807, 2.05) is 12.1 Å². The monoisotopic (exact) mass is 258 g/mol. The van der Waals surface area contributed by atoms with Crippen LogP contribution in [0.3, 0.4) is 0 Å². The number of rotatable bonds is 4. The summed E-state index contributed by atoms with van der Waals surface area (Å²) in [6, 6.07) is 6.07. The molecule has 2 nitrogen and oxygen atoms in total. The minimum atomic E-state index is -3.57. The van der Waals surface area contributed by atoms with Crippen LogP contribution >= 0.6 is 10.7 Å². The van der Waals surface area contributed by atoms with E-state index in [0.717, 1.165) is 23.8 Å². The summed E-state index contributed by atoms with van der Waals surface area (Å²) >= 11 is 0. The highest BCUT2D eigenvalue weighted by atomic mass is 35.7. The molecule has 88 valence electrons. The molecule has 1 aromatic carbocycles. The fourth-order valence-corrected chi connectivity index (χ4v) is 1.93. The fourth-order valence-electron chi connectivity index (χ4n) is 1.46. The lowest BCUT2D eigenvalue weighted by molar-refractivity contribution is 0.617. The molecule has 0 saturated heterocycles. The molecule has 0 aliphatic heterocycles. The summed E-state index contributed by atoms with van der Waals surface area (Å²) in [6.45, 7) is 4.14. The Balaban J connectivity index is 3.09. The van der Waals surface area contributed by atoms with E-state index in [9.17, 15) is 8.42 Å². The minimum Gasteiger partial charge on any atom is -0.208 e. The van der Waals surface area contributed by atoms with Crippen LogP contribution in [0.4, 0.5) is 0 Å². The van der Waals surface area contributed by atoms with Crippen LogP contribution in [0.15, 0.2) is 23.6 Å². The zero-order chi connectivity index (χ0) is 12.2. The van der Waals surface area contributed by atoms with Gasteiger partial charge in [0.25, 0.3) is 9.05 Å². The van der Waals surface area contributed by atoms with Crippen LogP contribution in [0, 0.1) is 0 Å². The maximum Gasteiger partial charge on any atom is 0.254 e. The number of hydrogen-bond acceptors (Lipinski definition) is 2. The summed E-state index contributed by atoms with van der Waals surface area (Å²) in [7, 11) is 1.55. The van der Waals surface area contributed by atoms with Gasteiger partial charge in [0.15, 0.2) is 0 Å². The summed E-state index contributed by atoms with van der Waals surface area (Å²) in [6.07, 6.45) is 3.39. The van der Waals surface area contributed by atoms with Crippen LogP contribution in [0.2, 0.25) is 0 Å². The molecule has 0 aliphatic carbocycles. The van der Waals surface area contributed by atoms with E-state index in [1.54, 1.807) is 0 Å². The Morgan fingerprint density at radius 3 is 2.00 bits per heavy atom. The van der Waals surface area contributed by atoms with Crippen molar-refractivity contribution in [2.45, 2.75) is 26.7 Å². The summed E-state index contributed by atoms with van der Waals surface area (Å²) in [4.78, 5) is 0. The molecule has 0 aliphatic rings. The highest BCUT2D eigenvalue weighted by molar-refractivity contribution is 8.16. The van der Waals surface area contributed by atoms with Crippen molar-refractivity contribution in [2.75, 3.05) is 0 Å². The van der Waals surface area contributed by atoms with Crippen molar-refractivity contribution < 1.29 is 8.42 Å². The molecule has 0 unspecified atom stereocenters. The topological polar surface area (TPSA) is 34.1 Å². The number of aryl methyl sites for hydroxylation is 2. The van der Waals surface area contributed by atoms with E-state index in [0.29, 0.717) is 0 Å². The standard InChI is InChI=1S/C12H15ClO2S/c1-3-10-7-11(4-2)9-12(8-10)5-6-16(13,14)15/h5-9H,3-4H2,1-2H3. The molecule has 16 heavy (non-hydrogen) atoms. The third-order valence-corrected chi connectivity index (χ3v) is 3.08. The van der Waals surface area contributed by atoms with E-state index in [1.165, 1.54) is 17.2 Å². The van der Waals surface area contributed by atoms with E-state index in [4.69, 9.17) is 10.7 Å². The summed E-state index contributed by atoms with van der Waals surface area (Å²) in [5.74, 6) is 0. The molecule has 0 radical (unpaired) electrons. The van der Waals surface area contributed by atoms with Crippen molar-refractivity contribution in [2.24, 2.45) is 0 Å². The first-order valence-electron chi connectivity index (χ1n) is 5.20. The molecule has 1 aromatic rings. The highest BCUT2D eigenvalue weighted by Gasteiger charge is 2.00. The van der Waals surface area contributed by atoms with Gasteiger partial charge in [0.2, 0.25) is 0 Å². The SMILES string of the molecule is CCc1cc(C=CS(=O)(=O)Cl)cc(CC)c1. The van der Waals surface area contributed by atoms with E-state index < -0.39 is 9.05 Å². The molecule has 0 atom stereocenters. The Kier molecular flexibility index (Phi) is 4.56. The first-order valence-corrected chi connectivity index (χ1v) is 7.57. The maximum absolute atomic E-state index is 10.8. The van der Waals surface area contributed by atoms with Crippen molar-refractivity contribution in [3.05, 3.63) is 40.3 Å². The van der Waals surface area contributed by atoms with Crippen LogP contribution in [-0.4, -0.2) is 8.42 Å². The van der Waals surface area contributed by atoms with E-state index in [-0.39, 0.29) is 0 Å². The van der Waals surface area contributed by atoms with Crippen molar-refractivity contribution in [1.29, 1.82) is 0 Å². The van der Waals surface area contributed by atoms with Crippen molar-refractivity contribution in [3.63, 3.8) is 0 Å².